The number of aliphatic hydroxyl groups excluding tert-OH is 1. The van der Waals surface area contributed by atoms with Crippen molar-refractivity contribution in [1.82, 2.24) is 0 Å². The topological polar surface area (TPSA) is 20.2 Å². The lowest BCUT2D eigenvalue weighted by Gasteiger charge is -2.27. The fraction of sp³-hybridized carbons (Fsp3) is 0.538. The lowest BCUT2D eigenvalue weighted by Crippen LogP contribution is -2.28. The molecule has 0 bridgehead atoms. The van der Waals surface area contributed by atoms with Crippen LogP contribution in [-0.4, -0.2) is 11.7 Å². The van der Waals surface area contributed by atoms with Crippen molar-refractivity contribution in [3.05, 3.63) is 33.8 Å². The molecule has 0 amide bonds. The van der Waals surface area contributed by atoms with Gasteiger partial charge in [-0.2, -0.15) is 0 Å². The third-order valence-electron chi connectivity index (χ3n) is 3.64. The second kappa shape index (κ2) is 4.65. The van der Waals surface area contributed by atoms with E-state index >= 15 is 0 Å². The van der Waals surface area contributed by atoms with E-state index in [-0.39, 0.29) is 23.1 Å². The molecule has 1 N–H and O–H groups in total. The van der Waals surface area contributed by atoms with Crippen molar-refractivity contribution < 1.29 is 13.9 Å². The summed E-state index contributed by atoms with van der Waals surface area (Å²) in [5, 5.41) is 9.45. The van der Waals surface area contributed by atoms with Crippen molar-refractivity contribution in [2.75, 3.05) is 6.61 Å². The predicted molar refractivity (Wildman–Crippen MR) is 65.7 cm³/mol. The van der Waals surface area contributed by atoms with Crippen molar-refractivity contribution in [2.45, 2.75) is 26.2 Å². The molecule has 0 heterocycles. The van der Waals surface area contributed by atoms with Gasteiger partial charge in [0.15, 0.2) is 0 Å². The van der Waals surface area contributed by atoms with E-state index < -0.39 is 17.0 Å². The van der Waals surface area contributed by atoms with Crippen molar-refractivity contribution in [2.24, 2.45) is 11.3 Å². The summed E-state index contributed by atoms with van der Waals surface area (Å²) in [7, 11) is 0. The van der Waals surface area contributed by atoms with Gasteiger partial charge in [-0.1, -0.05) is 6.92 Å². The first kappa shape index (κ1) is 13.0. The second-order valence-corrected chi connectivity index (χ2v) is 5.94. The number of rotatable bonds is 4. The van der Waals surface area contributed by atoms with Crippen LogP contribution in [-0.2, 0) is 6.42 Å². The summed E-state index contributed by atoms with van der Waals surface area (Å²) in [6.45, 7) is 1.85. The molecule has 0 aliphatic heterocycles. The van der Waals surface area contributed by atoms with E-state index in [9.17, 15) is 13.9 Å². The molecular weight excluding hydrogens is 290 g/mol. The van der Waals surface area contributed by atoms with E-state index in [1.807, 2.05) is 6.92 Å². The zero-order valence-electron chi connectivity index (χ0n) is 9.64. The Balaban J connectivity index is 2.31. The summed E-state index contributed by atoms with van der Waals surface area (Å²) in [5.41, 5.74) is -0.342. The van der Waals surface area contributed by atoms with Crippen molar-refractivity contribution in [3.8, 4) is 0 Å². The molecule has 1 aromatic carbocycles. The highest BCUT2D eigenvalue weighted by molar-refractivity contribution is 9.10. The van der Waals surface area contributed by atoms with Crippen LogP contribution in [0.4, 0.5) is 8.78 Å². The molecule has 2 rings (SSSR count). The smallest absolute Gasteiger partial charge is 0.143 e. The maximum atomic E-state index is 13.8. The second-order valence-electron chi connectivity index (χ2n) is 5.08. The highest BCUT2D eigenvalue weighted by Gasteiger charge is 2.42. The maximum absolute atomic E-state index is 13.8. The Morgan fingerprint density at radius 3 is 2.59 bits per heavy atom. The normalized spacial score (nSPS) is 19.1. The van der Waals surface area contributed by atoms with Gasteiger partial charge < -0.3 is 5.11 Å². The summed E-state index contributed by atoms with van der Waals surface area (Å²) in [4.78, 5) is 0. The Labute approximate surface area is 108 Å². The first-order chi connectivity index (χ1) is 7.98. The SMILES string of the molecule is CC(CO)(Cc1c(F)ccc(Br)c1F)C1CC1. The molecule has 17 heavy (non-hydrogen) atoms. The van der Waals surface area contributed by atoms with Gasteiger partial charge in [0, 0.05) is 12.2 Å². The lowest BCUT2D eigenvalue weighted by atomic mass is 9.79. The minimum absolute atomic E-state index is 0.0386. The lowest BCUT2D eigenvalue weighted by molar-refractivity contribution is 0.117. The van der Waals surface area contributed by atoms with Crippen LogP contribution in [0.3, 0.4) is 0 Å². The minimum atomic E-state index is -0.551. The highest BCUT2D eigenvalue weighted by Crippen LogP contribution is 2.47. The molecule has 0 radical (unpaired) electrons. The van der Waals surface area contributed by atoms with Gasteiger partial charge in [-0.3, -0.25) is 0 Å². The molecule has 0 saturated heterocycles. The Morgan fingerprint density at radius 1 is 1.41 bits per heavy atom. The Bertz CT molecular complexity index is 432. The van der Waals surface area contributed by atoms with Gasteiger partial charge in [0.2, 0.25) is 0 Å². The Morgan fingerprint density at radius 2 is 2.06 bits per heavy atom. The van der Waals surface area contributed by atoms with Gasteiger partial charge in [0.05, 0.1) is 4.47 Å². The van der Waals surface area contributed by atoms with Crippen LogP contribution in [0.5, 0.6) is 0 Å². The van der Waals surface area contributed by atoms with Crippen LogP contribution in [0.15, 0.2) is 16.6 Å². The summed E-state index contributed by atoms with van der Waals surface area (Å²) >= 11 is 3.06. The van der Waals surface area contributed by atoms with Gasteiger partial charge in [-0.25, -0.2) is 8.78 Å². The molecule has 4 heteroatoms. The third-order valence-corrected chi connectivity index (χ3v) is 4.26. The van der Waals surface area contributed by atoms with Crippen LogP contribution in [0.1, 0.15) is 25.3 Å². The molecule has 1 fully saturated rings. The quantitative estimate of drug-likeness (QED) is 0.841. The summed E-state index contributed by atoms with van der Waals surface area (Å²) in [6.07, 6.45) is 2.31. The van der Waals surface area contributed by atoms with Gasteiger partial charge in [0.1, 0.15) is 11.6 Å². The highest BCUT2D eigenvalue weighted by atomic mass is 79.9. The molecule has 1 unspecified atom stereocenters. The largest absolute Gasteiger partial charge is 0.396 e. The molecule has 1 aromatic rings. The Kier molecular flexibility index (Phi) is 3.55. The van der Waals surface area contributed by atoms with E-state index in [0.29, 0.717) is 5.92 Å². The van der Waals surface area contributed by atoms with Crippen LogP contribution in [0.25, 0.3) is 0 Å². The average Bonchev–Trinajstić information content (AvgIpc) is 3.14. The molecule has 1 aliphatic carbocycles. The molecule has 0 aromatic heterocycles. The van der Waals surface area contributed by atoms with E-state index in [1.165, 1.54) is 12.1 Å². The van der Waals surface area contributed by atoms with E-state index in [1.54, 1.807) is 0 Å². The predicted octanol–water partition coefficient (Wildman–Crippen LogP) is 3.68. The van der Waals surface area contributed by atoms with E-state index in [0.717, 1.165) is 12.8 Å². The molecule has 1 atom stereocenters. The molecule has 0 spiro atoms. The standard InChI is InChI=1S/C13H15BrF2O/c1-13(7-17,8-2-3-8)6-9-11(15)5-4-10(14)12(9)16/h4-5,8,17H,2-3,6-7H2,1H3. The summed E-state index contributed by atoms with van der Waals surface area (Å²) in [6, 6.07) is 2.62. The van der Waals surface area contributed by atoms with Crippen LogP contribution in [0.2, 0.25) is 0 Å². The molecule has 94 valence electrons. The van der Waals surface area contributed by atoms with Crippen molar-refractivity contribution in [1.29, 1.82) is 0 Å². The number of hydrogen-bond donors (Lipinski definition) is 1. The van der Waals surface area contributed by atoms with Gasteiger partial charge >= 0.3 is 0 Å². The maximum Gasteiger partial charge on any atom is 0.143 e. The fourth-order valence-electron chi connectivity index (χ4n) is 2.24. The number of benzene rings is 1. The van der Waals surface area contributed by atoms with E-state index in [4.69, 9.17) is 0 Å². The summed E-state index contributed by atoms with van der Waals surface area (Å²) < 4.78 is 27.8. The fourth-order valence-corrected chi connectivity index (χ4v) is 2.62. The molecular formula is C13H15BrF2O. The minimum Gasteiger partial charge on any atom is -0.396 e. The van der Waals surface area contributed by atoms with Crippen molar-refractivity contribution >= 4 is 15.9 Å². The van der Waals surface area contributed by atoms with Crippen LogP contribution < -0.4 is 0 Å². The zero-order chi connectivity index (χ0) is 12.6. The monoisotopic (exact) mass is 304 g/mol. The van der Waals surface area contributed by atoms with Crippen LogP contribution in [0, 0.1) is 23.0 Å². The number of hydrogen-bond acceptors (Lipinski definition) is 1. The van der Waals surface area contributed by atoms with Crippen molar-refractivity contribution in [3.63, 3.8) is 0 Å². The van der Waals surface area contributed by atoms with Gasteiger partial charge in [0.25, 0.3) is 0 Å². The van der Waals surface area contributed by atoms with Gasteiger partial charge in [-0.05, 0) is 58.7 Å². The van der Waals surface area contributed by atoms with Gasteiger partial charge in [-0.15, -0.1) is 0 Å². The summed E-state index contributed by atoms with van der Waals surface area (Å²) in [5.74, 6) is -0.707. The molecule has 1 saturated carbocycles. The first-order valence-corrected chi connectivity index (χ1v) is 6.50. The number of halogens is 3. The first-order valence-electron chi connectivity index (χ1n) is 5.71. The van der Waals surface area contributed by atoms with Crippen LogP contribution >= 0.6 is 15.9 Å². The average molecular weight is 305 g/mol. The number of aliphatic hydroxyl groups is 1. The Hall–Kier alpha value is -0.480. The zero-order valence-corrected chi connectivity index (χ0v) is 11.2. The third kappa shape index (κ3) is 2.52. The molecule has 1 aliphatic rings. The van der Waals surface area contributed by atoms with E-state index in [2.05, 4.69) is 15.9 Å². The molecule has 1 nitrogen and oxygen atoms in total.